The lowest BCUT2D eigenvalue weighted by atomic mass is 10.3. The molecule has 0 atom stereocenters. The van der Waals surface area contributed by atoms with Crippen molar-refractivity contribution in [2.45, 2.75) is 9.79 Å². The Morgan fingerprint density at radius 3 is 1.16 bits per heavy atom. The summed E-state index contributed by atoms with van der Waals surface area (Å²) in [6.07, 6.45) is 0. The summed E-state index contributed by atoms with van der Waals surface area (Å²) in [5.41, 5.74) is 0.562. The Hall–Kier alpha value is -1.82. The van der Waals surface area contributed by atoms with Crippen LogP contribution in [0.4, 0.5) is 11.4 Å². The van der Waals surface area contributed by atoms with E-state index >= 15 is 0 Å². The number of benzene rings is 2. The molecule has 0 saturated heterocycles. The van der Waals surface area contributed by atoms with Gasteiger partial charge in [-0.15, -0.1) is 0 Å². The van der Waals surface area contributed by atoms with Gasteiger partial charge in [0.25, 0.3) is 0 Å². The molecule has 0 aromatic heterocycles. The molecule has 0 saturated carbocycles. The van der Waals surface area contributed by atoms with Crippen LogP contribution in [0.2, 0.25) is 0 Å². The van der Waals surface area contributed by atoms with Crippen LogP contribution in [0.5, 0.6) is 0 Å². The molecule has 0 heterocycles. The predicted molar refractivity (Wildman–Crippen MR) is 119 cm³/mol. The first-order chi connectivity index (χ1) is 14.8. The Morgan fingerprint density at radius 1 is 0.581 bits per heavy atom. The van der Waals surface area contributed by atoms with Crippen molar-refractivity contribution in [1.29, 1.82) is 0 Å². The van der Waals surface area contributed by atoms with Crippen LogP contribution in [0.3, 0.4) is 0 Å². The van der Waals surface area contributed by atoms with Gasteiger partial charge in [-0.3, -0.25) is 0 Å². The first kappa shape index (κ1) is 25.4. The normalized spacial score (nSPS) is 12.6. The van der Waals surface area contributed by atoms with E-state index in [0.29, 0.717) is 0 Å². The highest BCUT2D eigenvalue weighted by atomic mass is 32.2. The molecule has 0 aliphatic carbocycles. The Kier molecular flexibility index (Phi) is 8.76. The van der Waals surface area contributed by atoms with E-state index in [0.717, 1.165) is 0 Å². The van der Waals surface area contributed by atoms with Crippen LogP contribution in [0.25, 0.3) is 0 Å². The molecule has 2 rings (SSSR count). The van der Waals surface area contributed by atoms with Gasteiger partial charge >= 0.3 is 17.9 Å². The van der Waals surface area contributed by atoms with Gasteiger partial charge in [0.15, 0.2) is 0 Å². The predicted octanol–water partition coefficient (Wildman–Crippen LogP) is 2.09. The van der Waals surface area contributed by atoms with Crippen molar-refractivity contribution in [2.24, 2.45) is 0 Å². The summed E-state index contributed by atoms with van der Waals surface area (Å²) in [4.78, 5) is 6.03. The fourth-order valence-corrected chi connectivity index (χ4v) is 7.32. The third-order valence-corrected chi connectivity index (χ3v) is 10.8. The SMILES string of the molecule is CO[Si](Nc1ccccc1S(=O)(=O)c1ccccc1N[Si](OC)(OC)OC)(OC)OC. The van der Waals surface area contributed by atoms with Crippen molar-refractivity contribution in [3.05, 3.63) is 48.5 Å². The highest BCUT2D eigenvalue weighted by molar-refractivity contribution is 7.91. The summed E-state index contributed by atoms with van der Waals surface area (Å²) in [7, 11) is -2.11. The summed E-state index contributed by atoms with van der Waals surface area (Å²) in [6, 6.07) is 12.9. The van der Waals surface area contributed by atoms with E-state index in [1.165, 1.54) is 54.8 Å². The van der Waals surface area contributed by atoms with E-state index in [-0.39, 0.29) is 21.2 Å². The molecule has 13 heteroatoms. The zero-order chi connectivity index (χ0) is 23.1. The fourth-order valence-electron chi connectivity index (χ4n) is 2.86. The smallest absolute Gasteiger partial charge is 0.360 e. The van der Waals surface area contributed by atoms with Gasteiger partial charge in [0.1, 0.15) is 0 Å². The van der Waals surface area contributed by atoms with Crippen molar-refractivity contribution in [3.8, 4) is 0 Å². The molecule has 2 aromatic carbocycles. The second-order valence-electron chi connectivity index (χ2n) is 6.08. The second-order valence-corrected chi connectivity index (χ2v) is 13.1. The summed E-state index contributed by atoms with van der Waals surface area (Å²) in [6.45, 7) is 0. The third kappa shape index (κ3) is 5.33. The molecule has 31 heavy (non-hydrogen) atoms. The highest BCUT2D eigenvalue weighted by Crippen LogP contribution is 2.33. The van der Waals surface area contributed by atoms with Crippen molar-refractivity contribution in [2.75, 3.05) is 52.6 Å². The topological polar surface area (TPSA) is 114 Å². The zero-order valence-electron chi connectivity index (χ0n) is 18.3. The number of nitrogens with one attached hydrogen (secondary N) is 2. The van der Waals surface area contributed by atoms with Gasteiger partial charge in [-0.25, -0.2) is 8.42 Å². The maximum atomic E-state index is 13.7. The van der Waals surface area contributed by atoms with Crippen molar-refractivity contribution in [3.63, 3.8) is 0 Å². The van der Waals surface area contributed by atoms with Crippen LogP contribution in [0, 0.1) is 0 Å². The van der Waals surface area contributed by atoms with Crippen molar-refractivity contribution < 1.29 is 35.0 Å². The quantitative estimate of drug-likeness (QED) is 0.431. The van der Waals surface area contributed by atoms with E-state index in [1.807, 2.05) is 0 Å². The van der Waals surface area contributed by atoms with Crippen LogP contribution in [-0.4, -0.2) is 69.0 Å². The number of sulfone groups is 1. The van der Waals surface area contributed by atoms with E-state index < -0.39 is 27.8 Å². The van der Waals surface area contributed by atoms with Crippen molar-refractivity contribution in [1.82, 2.24) is 0 Å². The molecule has 0 aliphatic heterocycles. The van der Waals surface area contributed by atoms with Crippen LogP contribution < -0.4 is 9.96 Å². The Balaban J connectivity index is 2.58. The molecule has 0 bridgehead atoms. The largest absolute Gasteiger partial charge is 0.630 e. The van der Waals surface area contributed by atoms with Crippen LogP contribution >= 0.6 is 0 Å². The Morgan fingerprint density at radius 2 is 0.871 bits per heavy atom. The maximum Gasteiger partial charge on any atom is 0.630 e. The molecule has 2 aromatic rings. The van der Waals surface area contributed by atoms with Gasteiger partial charge in [-0.1, -0.05) is 24.3 Å². The lowest BCUT2D eigenvalue weighted by Gasteiger charge is -2.27. The van der Waals surface area contributed by atoms with E-state index in [9.17, 15) is 8.42 Å². The minimum Gasteiger partial charge on any atom is -0.360 e. The molecular weight excluding hydrogens is 460 g/mol. The van der Waals surface area contributed by atoms with E-state index in [1.54, 1.807) is 36.4 Å². The summed E-state index contributed by atoms with van der Waals surface area (Å²) < 4.78 is 59.6. The summed E-state index contributed by atoms with van der Waals surface area (Å²) in [5.74, 6) is 0. The van der Waals surface area contributed by atoms with Crippen LogP contribution in [0.15, 0.2) is 58.3 Å². The summed E-state index contributed by atoms with van der Waals surface area (Å²) >= 11 is 0. The molecule has 0 aliphatic rings. The van der Waals surface area contributed by atoms with Crippen molar-refractivity contribution >= 4 is 39.1 Å². The Bertz CT molecular complexity index is 881. The summed E-state index contributed by atoms with van der Waals surface area (Å²) in [5, 5.41) is 0. The monoisotopic (exact) mass is 488 g/mol. The number of hydrogen-bond donors (Lipinski definition) is 2. The molecule has 10 nitrogen and oxygen atoms in total. The van der Waals surface area contributed by atoms with Gasteiger partial charge < -0.3 is 36.5 Å². The van der Waals surface area contributed by atoms with E-state index in [4.69, 9.17) is 26.6 Å². The lowest BCUT2D eigenvalue weighted by Crippen LogP contribution is -2.51. The molecule has 0 amide bonds. The first-order valence-corrected chi connectivity index (χ1v) is 14.0. The lowest BCUT2D eigenvalue weighted by molar-refractivity contribution is 0.131. The zero-order valence-corrected chi connectivity index (χ0v) is 21.1. The van der Waals surface area contributed by atoms with E-state index in [2.05, 4.69) is 9.96 Å². The number of para-hydroxylation sites is 2. The molecule has 2 N–H and O–H groups in total. The molecule has 0 fully saturated rings. The third-order valence-electron chi connectivity index (χ3n) is 4.54. The van der Waals surface area contributed by atoms with Gasteiger partial charge in [0.05, 0.1) is 21.2 Å². The molecule has 0 unspecified atom stereocenters. The van der Waals surface area contributed by atoms with Gasteiger partial charge in [-0.2, -0.15) is 0 Å². The van der Waals surface area contributed by atoms with Gasteiger partial charge in [0, 0.05) is 42.7 Å². The fraction of sp³-hybridized carbons (Fsp3) is 0.333. The number of hydrogen-bond acceptors (Lipinski definition) is 10. The molecule has 0 spiro atoms. The minimum absolute atomic E-state index is 0.0202. The minimum atomic E-state index is -4.01. The first-order valence-electron chi connectivity index (χ1n) is 9.07. The average Bonchev–Trinajstić information content (AvgIpc) is 2.81. The van der Waals surface area contributed by atoms with Gasteiger partial charge in [-0.05, 0) is 24.3 Å². The average molecular weight is 489 g/mol. The molecule has 172 valence electrons. The number of rotatable bonds is 12. The second kappa shape index (κ2) is 10.7. The molecular formula is C18H28N2O8SSi2. The van der Waals surface area contributed by atoms with Crippen LogP contribution in [-0.2, 0) is 36.4 Å². The van der Waals surface area contributed by atoms with Crippen LogP contribution in [0.1, 0.15) is 0 Å². The Labute approximate surface area is 185 Å². The maximum absolute atomic E-state index is 13.7. The van der Waals surface area contributed by atoms with Gasteiger partial charge in [0.2, 0.25) is 9.84 Å². The highest BCUT2D eigenvalue weighted by Gasteiger charge is 2.43. The standard InChI is InChI=1S/C18H28N2O8SSi2/c1-23-30(24-2,25-3)19-15-11-7-9-13-17(15)29(21,22)18-14-10-8-12-16(18)20-31(26-4,27-5)28-6/h7-14,19-20H,1-6H3. The molecule has 0 radical (unpaired) electrons. The number of anilines is 2.